The van der Waals surface area contributed by atoms with Gasteiger partial charge < -0.3 is 9.52 Å². The highest BCUT2D eigenvalue weighted by molar-refractivity contribution is 6.00. The first-order valence-corrected chi connectivity index (χ1v) is 8.92. The van der Waals surface area contributed by atoms with Crippen LogP contribution in [0.25, 0.3) is 33.2 Å². The zero-order chi connectivity index (χ0) is 19.0. The molecule has 4 rings (SSSR count). The first-order valence-electron chi connectivity index (χ1n) is 8.92. The van der Waals surface area contributed by atoms with Crippen LogP contribution >= 0.6 is 0 Å². The minimum Gasteiger partial charge on any atom is -0.423 e. The summed E-state index contributed by atoms with van der Waals surface area (Å²) in [5.74, 6) is 0. The van der Waals surface area contributed by atoms with Gasteiger partial charge >= 0.3 is 5.63 Å². The van der Waals surface area contributed by atoms with Crippen molar-refractivity contribution in [1.29, 1.82) is 0 Å². The topological polar surface area (TPSA) is 50.4 Å². The van der Waals surface area contributed by atoms with Gasteiger partial charge in [0.2, 0.25) is 0 Å². The first-order chi connectivity index (χ1) is 13.1. The molecule has 0 saturated carbocycles. The van der Waals surface area contributed by atoms with Crippen molar-refractivity contribution >= 4 is 11.0 Å². The van der Waals surface area contributed by atoms with E-state index in [1.54, 1.807) is 6.07 Å². The van der Waals surface area contributed by atoms with Crippen molar-refractivity contribution in [2.45, 2.75) is 20.5 Å². The molecule has 1 aromatic heterocycles. The number of aryl methyl sites for hydroxylation is 2. The molecule has 0 aliphatic carbocycles. The Hall–Kier alpha value is -3.17. The van der Waals surface area contributed by atoms with E-state index >= 15 is 0 Å². The lowest BCUT2D eigenvalue weighted by molar-refractivity contribution is 0.282. The van der Waals surface area contributed by atoms with Gasteiger partial charge in [-0.2, -0.15) is 0 Å². The Kier molecular flexibility index (Phi) is 4.38. The molecule has 0 saturated heterocycles. The van der Waals surface area contributed by atoms with E-state index in [0.717, 1.165) is 44.3 Å². The predicted octanol–water partition coefficient (Wildman–Crippen LogP) is 5.24. The minimum absolute atomic E-state index is 0.0271. The van der Waals surface area contributed by atoms with Gasteiger partial charge in [-0.15, -0.1) is 0 Å². The average molecular weight is 356 g/mol. The molecule has 1 heterocycles. The third kappa shape index (κ3) is 3.07. The van der Waals surface area contributed by atoms with E-state index in [4.69, 9.17) is 4.42 Å². The van der Waals surface area contributed by atoms with Gasteiger partial charge in [0.1, 0.15) is 5.58 Å². The van der Waals surface area contributed by atoms with Crippen molar-refractivity contribution in [3.63, 3.8) is 0 Å². The molecule has 4 aromatic rings. The standard InChI is InChI=1S/C24H20O3/c1-15-12-21-24(16(2)23(15)19-10-8-17(14-25)9-11-19)20(13-22(26)27-21)18-6-4-3-5-7-18/h3-13,25H,14H2,1-2H3. The van der Waals surface area contributed by atoms with Crippen LogP contribution in [0.5, 0.6) is 0 Å². The van der Waals surface area contributed by atoms with Gasteiger partial charge in [-0.25, -0.2) is 4.79 Å². The molecular formula is C24H20O3. The number of hydrogen-bond acceptors (Lipinski definition) is 3. The molecule has 0 aliphatic rings. The number of rotatable bonds is 3. The summed E-state index contributed by atoms with van der Waals surface area (Å²) in [6, 6.07) is 21.3. The van der Waals surface area contributed by atoms with E-state index in [9.17, 15) is 9.90 Å². The summed E-state index contributed by atoms with van der Waals surface area (Å²) in [4.78, 5) is 12.1. The number of aliphatic hydroxyl groups excluding tert-OH is 1. The smallest absolute Gasteiger partial charge is 0.336 e. The minimum atomic E-state index is -0.347. The van der Waals surface area contributed by atoms with Crippen LogP contribution in [-0.2, 0) is 6.61 Å². The second kappa shape index (κ2) is 6.86. The van der Waals surface area contributed by atoms with Gasteiger partial charge in [0.15, 0.2) is 0 Å². The van der Waals surface area contributed by atoms with E-state index in [0.29, 0.717) is 5.58 Å². The SMILES string of the molecule is Cc1cc2oc(=O)cc(-c3ccccc3)c2c(C)c1-c1ccc(CO)cc1. The van der Waals surface area contributed by atoms with Crippen molar-refractivity contribution in [2.75, 3.05) is 0 Å². The molecule has 0 atom stereocenters. The van der Waals surface area contributed by atoms with Gasteiger partial charge in [0.05, 0.1) is 6.61 Å². The summed E-state index contributed by atoms with van der Waals surface area (Å²) in [6.07, 6.45) is 0. The molecule has 0 amide bonds. The summed E-state index contributed by atoms with van der Waals surface area (Å²) in [5.41, 5.74) is 7.33. The molecule has 0 radical (unpaired) electrons. The van der Waals surface area contributed by atoms with E-state index in [1.165, 1.54) is 0 Å². The van der Waals surface area contributed by atoms with Crippen molar-refractivity contribution in [1.82, 2.24) is 0 Å². The highest BCUT2D eigenvalue weighted by Crippen LogP contribution is 2.37. The lowest BCUT2D eigenvalue weighted by Gasteiger charge is -2.16. The van der Waals surface area contributed by atoms with E-state index in [-0.39, 0.29) is 12.2 Å². The fraction of sp³-hybridized carbons (Fsp3) is 0.125. The molecule has 27 heavy (non-hydrogen) atoms. The summed E-state index contributed by atoms with van der Waals surface area (Å²) in [6.45, 7) is 4.12. The molecule has 0 unspecified atom stereocenters. The van der Waals surface area contributed by atoms with Gasteiger partial charge in [-0.3, -0.25) is 0 Å². The molecule has 1 N–H and O–H groups in total. The Bertz CT molecular complexity index is 1170. The lowest BCUT2D eigenvalue weighted by atomic mass is 9.89. The molecule has 134 valence electrons. The highest BCUT2D eigenvalue weighted by atomic mass is 16.4. The van der Waals surface area contributed by atoms with Crippen molar-refractivity contribution in [2.24, 2.45) is 0 Å². The summed E-state index contributed by atoms with van der Waals surface area (Å²) in [5, 5.41) is 10.2. The summed E-state index contributed by atoms with van der Waals surface area (Å²) in [7, 11) is 0. The fourth-order valence-corrected chi connectivity index (χ4v) is 3.76. The maximum Gasteiger partial charge on any atom is 0.336 e. The van der Waals surface area contributed by atoms with Crippen LogP contribution < -0.4 is 5.63 Å². The summed E-state index contributed by atoms with van der Waals surface area (Å²) >= 11 is 0. The molecule has 0 fully saturated rings. The zero-order valence-corrected chi connectivity index (χ0v) is 15.3. The number of benzene rings is 3. The maximum atomic E-state index is 12.1. The second-order valence-corrected chi connectivity index (χ2v) is 6.77. The van der Waals surface area contributed by atoms with Crippen molar-refractivity contribution < 1.29 is 9.52 Å². The second-order valence-electron chi connectivity index (χ2n) is 6.77. The number of aliphatic hydroxyl groups is 1. The molecule has 3 heteroatoms. The van der Waals surface area contributed by atoms with Crippen molar-refractivity contribution in [3.8, 4) is 22.3 Å². The van der Waals surface area contributed by atoms with E-state index < -0.39 is 0 Å². The van der Waals surface area contributed by atoms with Crippen LogP contribution in [0.1, 0.15) is 16.7 Å². The Labute approximate surface area is 157 Å². The molecule has 0 bridgehead atoms. The quantitative estimate of drug-likeness (QED) is 0.511. The molecular weight excluding hydrogens is 336 g/mol. The van der Waals surface area contributed by atoms with Crippen molar-refractivity contribution in [3.05, 3.63) is 93.8 Å². The first kappa shape index (κ1) is 17.3. The van der Waals surface area contributed by atoms with Gasteiger partial charge in [0, 0.05) is 17.0 Å². The molecule has 3 nitrogen and oxygen atoms in total. The van der Waals surface area contributed by atoms with Crippen LogP contribution in [0.15, 0.2) is 75.9 Å². The maximum absolute atomic E-state index is 12.1. The molecule has 0 aliphatic heterocycles. The Morgan fingerprint density at radius 1 is 0.889 bits per heavy atom. The van der Waals surface area contributed by atoms with Crippen LogP contribution in [0.3, 0.4) is 0 Å². The lowest BCUT2D eigenvalue weighted by Crippen LogP contribution is -2.01. The van der Waals surface area contributed by atoms with Gasteiger partial charge in [-0.05, 0) is 53.3 Å². The number of hydrogen-bond donors (Lipinski definition) is 1. The zero-order valence-electron chi connectivity index (χ0n) is 15.3. The van der Waals surface area contributed by atoms with Gasteiger partial charge in [-0.1, -0.05) is 54.6 Å². The average Bonchev–Trinajstić information content (AvgIpc) is 2.68. The van der Waals surface area contributed by atoms with E-state index in [2.05, 4.69) is 6.92 Å². The fourth-order valence-electron chi connectivity index (χ4n) is 3.76. The Morgan fingerprint density at radius 2 is 1.59 bits per heavy atom. The van der Waals surface area contributed by atoms with Crippen LogP contribution in [0.2, 0.25) is 0 Å². The van der Waals surface area contributed by atoms with Crippen LogP contribution in [-0.4, -0.2) is 5.11 Å². The van der Waals surface area contributed by atoms with Gasteiger partial charge in [0.25, 0.3) is 0 Å². The predicted molar refractivity (Wildman–Crippen MR) is 109 cm³/mol. The Balaban J connectivity index is 2.05. The monoisotopic (exact) mass is 356 g/mol. The van der Waals surface area contributed by atoms with E-state index in [1.807, 2.05) is 67.6 Å². The van der Waals surface area contributed by atoms with Crippen LogP contribution in [0, 0.1) is 13.8 Å². The Morgan fingerprint density at radius 3 is 2.26 bits per heavy atom. The number of fused-ring (bicyclic) bond motifs is 1. The summed E-state index contributed by atoms with van der Waals surface area (Å²) < 4.78 is 5.52. The molecule has 3 aromatic carbocycles. The van der Waals surface area contributed by atoms with Crippen LogP contribution in [0.4, 0.5) is 0 Å². The highest BCUT2D eigenvalue weighted by Gasteiger charge is 2.16. The third-order valence-corrected chi connectivity index (χ3v) is 4.99. The molecule has 0 spiro atoms. The third-order valence-electron chi connectivity index (χ3n) is 4.99. The normalized spacial score (nSPS) is 11.1. The largest absolute Gasteiger partial charge is 0.423 e.